The van der Waals surface area contributed by atoms with Crippen molar-refractivity contribution in [3.8, 4) is 11.8 Å². The average molecular weight is 276 g/mol. The van der Waals surface area contributed by atoms with E-state index in [1.54, 1.807) is 12.1 Å². The first-order valence-electron chi connectivity index (χ1n) is 7.25. The molecule has 4 heteroatoms. The molecule has 108 valence electrons. The number of halogens is 1. The third-order valence-corrected chi connectivity index (χ3v) is 4.04. The lowest BCUT2D eigenvalue weighted by Gasteiger charge is -2.29. The van der Waals surface area contributed by atoms with Gasteiger partial charge < -0.3 is 4.74 Å². The summed E-state index contributed by atoms with van der Waals surface area (Å²) in [6, 6.07) is 8.63. The molecule has 0 saturated heterocycles. The van der Waals surface area contributed by atoms with Gasteiger partial charge in [-0.05, 0) is 43.9 Å². The molecule has 1 aromatic carbocycles. The number of nitrogens with zero attached hydrogens (tertiary/aromatic N) is 1. The van der Waals surface area contributed by atoms with Gasteiger partial charge in [-0.2, -0.15) is 5.26 Å². The molecule has 1 fully saturated rings. The summed E-state index contributed by atoms with van der Waals surface area (Å²) in [6.45, 7) is 3.34. The van der Waals surface area contributed by atoms with Crippen LogP contribution < -0.4 is 10.1 Å². The molecule has 1 aliphatic rings. The first kappa shape index (κ1) is 14.8. The standard InChI is InChI=1S/C16H21FN2O/c1-2-19-16(12-18)9-4-5-13(16)8-10-20-15-7-3-6-14(17)11-15/h3,6-7,11,13,19H,2,4-5,8-10H2,1H3. The minimum atomic E-state index is -0.403. The quantitative estimate of drug-likeness (QED) is 0.867. The van der Waals surface area contributed by atoms with E-state index in [2.05, 4.69) is 11.4 Å². The Hall–Kier alpha value is -1.60. The van der Waals surface area contributed by atoms with Crippen LogP contribution in [-0.2, 0) is 0 Å². The molecule has 1 aliphatic carbocycles. The number of rotatable bonds is 6. The largest absolute Gasteiger partial charge is 0.493 e. The second-order valence-electron chi connectivity index (χ2n) is 5.30. The van der Waals surface area contributed by atoms with Crippen LogP contribution in [0.2, 0.25) is 0 Å². The van der Waals surface area contributed by atoms with Crippen LogP contribution in [-0.4, -0.2) is 18.7 Å². The molecule has 1 N–H and O–H groups in total. The predicted octanol–water partition coefficient (Wildman–Crippen LogP) is 3.27. The van der Waals surface area contributed by atoms with Crippen molar-refractivity contribution in [2.75, 3.05) is 13.2 Å². The predicted molar refractivity (Wildman–Crippen MR) is 75.9 cm³/mol. The second-order valence-corrected chi connectivity index (χ2v) is 5.30. The lowest BCUT2D eigenvalue weighted by Crippen LogP contribution is -2.47. The van der Waals surface area contributed by atoms with E-state index in [4.69, 9.17) is 4.74 Å². The molecule has 0 heterocycles. The Labute approximate surface area is 119 Å². The van der Waals surface area contributed by atoms with Crippen LogP contribution in [0.1, 0.15) is 32.6 Å². The Morgan fingerprint density at radius 3 is 3.10 bits per heavy atom. The highest BCUT2D eigenvalue weighted by Crippen LogP contribution is 2.37. The number of nitrogens with one attached hydrogen (secondary N) is 1. The summed E-state index contributed by atoms with van der Waals surface area (Å²) in [5.74, 6) is 0.567. The second kappa shape index (κ2) is 6.71. The van der Waals surface area contributed by atoms with E-state index in [-0.39, 0.29) is 5.82 Å². The highest BCUT2D eigenvalue weighted by atomic mass is 19.1. The molecule has 0 amide bonds. The third kappa shape index (κ3) is 3.29. The molecule has 2 unspecified atom stereocenters. The maximum absolute atomic E-state index is 13.0. The van der Waals surface area contributed by atoms with Gasteiger partial charge in [0.05, 0.1) is 12.7 Å². The molecule has 0 radical (unpaired) electrons. The smallest absolute Gasteiger partial charge is 0.126 e. The van der Waals surface area contributed by atoms with Crippen molar-refractivity contribution in [3.05, 3.63) is 30.1 Å². The van der Waals surface area contributed by atoms with Gasteiger partial charge in [-0.1, -0.05) is 19.4 Å². The summed E-state index contributed by atoms with van der Waals surface area (Å²) < 4.78 is 18.6. The zero-order valence-corrected chi connectivity index (χ0v) is 11.9. The highest BCUT2D eigenvalue weighted by molar-refractivity contribution is 5.22. The van der Waals surface area contributed by atoms with Crippen LogP contribution >= 0.6 is 0 Å². The Morgan fingerprint density at radius 2 is 2.40 bits per heavy atom. The Morgan fingerprint density at radius 1 is 1.55 bits per heavy atom. The highest BCUT2D eigenvalue weighted by Gasteiger charge is 2.42. The number of nitriles is 1. The Kier molecular flexibility index (Phi) is 4.97. The minimum absolute atomic E-state index is 0.289. The number of benzene rings is 1. The molecule has 2 rings (SSSR count). The van der Waals surface area contributed by atoms with Gasteiger partial charge in [0, 0.05) is 6.07 Å². The lowest BCUT2D eigenvalue weighted by molar-refractivity contribution is 0.234. The SMILES string of the molecule is CCNC1(C#N)CCCC1CCOc1cccc(F)c1. The number of hydrogen-bond donors (Lipinski definition) is 1. The molecule has 0 spiro atoms. The fourth-order valence-corrected chi connectivity index (χ4v) is 3.08. The first-order valence-corrected chi connectivity index (χ1v) is 7.25. The Bertz CT molecular complexity index is 486. The third-order valence-electron chi connectivity index (χ3n) is 4.04. The van der Waals surface area contributed by atoms with E-state index in [1.807, 2.05) is 6.92 Å². The van der Waals surface area contributed by atoms with Gasteiger partial charge in [0.15, 0.2) is 0 Å². The van der Waals surface area contributed by atoms with E-state index in [1.165, 1.54) is 12.1 Å². The summed E-state index contributed by atoms with van der Waals surface area (Å²) in [6.07, 6.45) is 3.84. The summed E-state index contributed by atoms with van der Waals surface area (Å²) in [5, 5.41) is 12.8. The van der Waals surface area contributed by atoms with E-state index in [9.17, 15) is 9.65 Å². The lowest BCUT2D eigenvalue weighted by atomic mass is 9.86. The van der Waals surface area contributed by atoms with Crippen molar-refractivity contribution in [2.45, 2.75) is 38.1 Å². The van der Waals surface area contributed by atoms with Crippen molar-refractivity contribution in [3.63, 3.8) is 0 Å². The summed E-state index contributed by atoms with van der Waals surface area (Å²) in [4.78, 5) is 0. The zero-order chi connectivity index (χ0) is 14.4. The monoisotopic (exact) mass is 276 g/mol. The van der Waals surface area contributed by atoms with Crippen molar-refractivity contribution in [1.82, 2.24) is 5.32 Å². The van der Waals surface area contributed by atoms with Crippen LogP contribution in [0.4, 0.5) is 4.39 Å². The van der Waals surface area contributed by atoms with Crippen LogP contribution in [0.5, 0.6) is 5.75 Å². The maximum atomic E-state index is 13.0. The fraction of sp³-hybridized carbons (Fsp3) is 0.562. The van der Waals surface area contributed by atoms with Gasteiger partial charge in [0.2, 0.25) is 0 Å². The van der Waals surface area contributed by atoms with Crippen LogP contribution in [0.3, 0.4) is 0 Å². The van der Waals surface area contributed by atoms with Gasteiger partial charge in [-0.15, -0.1) is 0 Å². The summed E-state index contributed by atoms with van der Waals surface area (Å²) in [7, 11) is 0. The molecule has 0 aromatic heterocycles. The molecule has 1 saturated carbocycles. The molecule has 20 heavy (non-hydrogen) atoms. The van der Waals surface area contributed by atoms with Crippen molar-refractivity contribution < 1.29 is 9.13 Å². The fourth-order valence-electron chi connectivity index (χ4n) is 3.08. The molecule has 0 bridgehead atoms. The van der Waals surface area contributed by atoms with Crippen molar-refractivity contribution in [2.24, 2.45) is 5.92 Å². The van der Waals surface area contributed by atoms with Crippen LogP contribution in [0.15, 0.2) is 24.3 Å². The van der Waals surface area contributed by atoms with Gasteiger partial charge in [-0.25, -0.2) is 4.39 Å². The van der Waals surface area contributed by atoms with E-state index in [0.717, 1.165) is 32.2 Å². The minimum Gasteiger partial charge on any atom is -0.493 e. The molecule has 1 aromatic rings. The summed E-state index contributed by atoms with van der Waals surface area (Å²) in [5.41, 5.74) is -0.403. The maximum Gasteiger partial charge on any atom is 0.126 e. The summed E-state index contributed by atoms with van der Waals surface area (Å²) >= 11 is 0. The topological polar surface area (TPSA) is 45.0 Å². The molecular weight excluding hydrogens is 255 g/mol. The van der Waals surface area contributed by atoms with Crippen LogP contribution in [0.25, 0.3) is 0 Å². The average Bonchev–Trinajstić information content (AvgIpc) is 2.83. The zero-order valence-electron chi connectivity index (χ0n) is 11.9. The molecule has 2 atom stereocenters. The number of hydrogen-bond acceptors (Lipinski definition) is 3. The molecular formula is C16H21FN2O. The number of ether oxygens (including phenoxy) is 1. The van der Waals surface area contributed by atoms with Crippen molar-refractivity contribution >= 4 is 0 Å². The molecule has 3 nitrogen and oxygen atoms in total. The first-order chi connectivity index (χ1) is 9.70. The van der Waals surface area contributed by atoms with Gasteiger partial charge in [0.25, 0.3) is 0 Å². The molecule has 0 aliphatic heterocycles. The van der Waals surface area contributed by atoms with E-state index in [0.29, 0.717) is 18.3 Å². The van der Waals surface area contributed by atoms with Crippen LogP contribution in [0, 0.1) is 23.1 Å². The van der Waals surface area contributed by atoms with Gasteiger partial charge in [-0.3, -0.25) is 5.32 Å². The van der Waals surface area contributed by atoms with E-state index < -0.39 is 5.54 Å². The van der Waals surface area contributed by atoms with Gasteiger partial charge in [0.1, 0.15) is 17.1 Å². The van der Waals surface area contributed by atoms with Gasteiger partial charge >= 0.3 is 0 Å². The van der Waals surface area contributed by atoms with Crippen molar-refractivity contribution in [1.29, 1.82) is 5.26 Å². The van der Waals surface area contributed by atoms with E-state index >= 15 is 0 Å². The Balaban J connectivity index is 1.88. The normalized spacial score (nSPS) is 25.4.